The fourth-order valence-corrected chi connectivity index (χ4v) is 4.13. The molecule has 1 aromatic heterocycles. The number of aromatic nitrogens is 1. The molecule has 2 aromatic rings. The van der Waals surface area contributed by atoms with Crippen LogP contribution in [0.1, 0.15) is 17.4 Å². The van der Waals surface area contributed by atoms with E-state index in [-0.39, 0.29) is 12.0 Å². The standard InChI is InChI=1S/C21H21F5N2O5S/c22-9-16(28-21(31)20(25)26)18(30)13-3-1-12(2-4-13)14-5-6-15(27-10-14)7-8-34(32,33)11-17(29)19(23)24/h1-6,10,16,18-20,30H,7-9,11H2,(H,28,31)/t16-,18-/m1/s1. The van der Waals surface area contributed by atoms with Crippen molar-refractivity contribution in [3.05, 3.63) is 53.9 Å². The predicted octanol–water partition coefficient (Wildman–Crippen LogP) is 2.29. The molecule has 34 heavy (non-hydrogen) atoms. The van der Waals surface area contributed by atoms with Crippen LogP contribution in [0.25, 0.3) is 11.1 Å². The van der Waals surface area contributed by atoms with Crippen LogP contribution in [0.3, 0.4) is 0 Å². The molecule has 1 aromatic carbocycles. The number of hydrogen-bond donors (Lipinski definition) is 2. The number of pyridine rings is 1. The molecule has 0 radical (unpaired) electrons. The predicted molar refractivity (Wildman–Crippen MR) is 112 cm³/mol. The molecule has 7 nitrogen and oxygen atoms in total. The smallest absolute Gasteiger partial charge is 0.315 e. The van der Waals surface area contributed by atoms with E-state index in [0.29, 0.717) is 16.8 Å². The Morgan fingerprint density at radius 2 is 1.59 bits per heavy atom. The number of amides is 1. The second kappa shape index (κ2) is 12.0. The molecule has 0 unspecified atom stereocenters. The molecule has 1 amide bonds. The molecule has 2 atom stereocenters. The Balaban J connectivity index is 2.02. The van der Waals surface area contributed by atoms with Gasteiger partial charge in [0.1, 0.15) is 18.5 Å². The van der Waals surface area contributed by atoms with E-state index in [2.05, 4.69) is 4.98 Å². The van der Waals surface area contributed by atoms with Crippen molar-refractivity contribution in [3.8, 4) is 11.1 Å². The summed E-state index contributed by atoms with van der Waals surface area (Å²) in [5.74, 6) is -5.12. The van der Waals surface area contributed by atoms with Crippen LogP contribution in [-0.2, 0) is 25.8 Å². The summed E-state index contributed by atoms with van der Waals surface area (Å²) in [5.41, 5.74) is 1.73. The van der Waals surface area contributed by atoms with E-state index in [4.69, 9.17) is 0 Å². The lowest BCUT2D eigenvalue weighted by atomic mass is 9.99. The number of Topliss-reactive ketones (excluding diaryl/α,β-unsaturated/α-hetero) is 1. The van der Waals surface area contributed by atoms with Crippen molar-refractivity contribution >= 4 is 21.5 Å². The van der Waals surface area contributed by atoms with Gasteiger partial charge in [-0.05, 0) is 17.2 Å². The van der Waals surface area contributed by atoms with Crippen LogP contribution in [0, 0.1) is 0 Å². The molecule has 0 saturated heterocycles. The molecule has 1 heterocycles. The fourth-order valence-electron chi connectivity index (χ4n) is 2.91. The second-order valence-electron chi connectivity index (χ2n) is 7.28. The van der Waals surface area contributed by atoms with E-state index in [1.165, 1.54) is 24.4 Å². The van der Waals surface area contributed by atoms with Gasteiger partial charge in [0.2, 0.25) is 5.78 Å². The minimum atomic E-state index is -4.01. The lowest BCUT2D eigenvalue weighted by Crippen LogP contribution is -2.43. The summed E-state index contributed by atoms with van der Waals surface area (Å²) in [6, 6.07) is 7.48. The number of carbonyl (C=O) groups is 2. The molecule has 0 saturated carbocycles. The van der Waals surface area contributed by atoms with Gasteiger partial charge in [-0.15, -0.1) is 0 Å². The van der Waals surface area contributed by atoms with Gasteiger partial charge in [0.05, 0.1) is 11.8 Å². The first-order chi connectivity index (χ1) is 15.9. The zero-order valence-electron chi connectivity index (χ0n) is 17.5. The van der Waals surface area contributed by atoms with Gasteiger partial charge in [-0.2, -0.15) is 8.78 Å². The van der Waals surface area contributed by atoms with Crippen molar-refractivity contribution in [2.45, 2.75) is 31.4 Å². The van der Waals surface area contributed by atoms with Crippen LogP contribution >= 0.6 is 0 Å². The van der Waals surface area contributed by atoms with E-state index >= 15 is 0 Å². The van der Waals surface area contributed by atoms with Crippen molar-refractivity contribution < 1.29 is 45.1 Å². The lowest BCUT2D eigenvalue weighted by Gasteiger charge is -2.22. The van der Waals surface area contributed by atoms with Gasteiger partial charge in [-0.1, -0.05) is 30.3 Å². The number of carbonyl (C=O) groups excluding carboxylic acids is 2. The third kappa shape index (κ3) is 7.83. The van der Waals surface area contributed by atoms with Crippen molar-refractivity contribution in [1.82, 2.24) is 10.3 Å². The van der Waals surface area contributed by atoms with Crippen LogP contribution in [-0.4, -0.2) is 67.3 Å². The number of benzene rings is 1. The summed E-state index contributed by atoms with van der Waals surface area (Å²) in [7, 11) is -4.01. The molecule has 0 bridgehead atoms. The van der Waals surface area contributed by atoms with Crippen LogP contribution in [0.4, 0.5) is 22.0 Å². The van der Waals surface area contributed by atoms with Gasteiger partial charge in [-0.25, -0.2) is 21.6 Å². The van der Waals surface area contributed by atoms with Crippen LogP contribution < -0.4 is 5.32 Å². The number of aliphatic hydroxyl groups is 1. The highest BCUT2D eigenvalue weighted by molar-refractivity contribution is 7.92. The molecule has 0 aliphatic carbocycles. The van der Waals surface area contributed by atoms with Gasteiger partial charge in [0.25, 0.3) is 12.3 Å². The summed E-state index contributed by atoms with van der Waals surface area (Å²) in [4.78, 5) is 26.1. The monoisotopic (exact) mass is 508 g/mol. The SMILES string of the molecule is O=C(CS(=O)(=O)CCc1ccc(-c2ccc([C@@H](O)[C@@H](CF)NC(=O)C(F)F)cc2)cn1)C(F)F. The maximum absolute atomic E-state index is 13.1. The van der Waals surface area contributed by atoms with Crippen LogP contribution in [0.15, 0.2) is 42.6 Å². The Kier molecular flexibility index (Phi) is 9.62. The lowest BCUT2D eigenvalue weighted by molar-refractivity contribution is -0.133. The number of sulfone groups is 1. The average Bonchev–Trinajstić information content (AvgIpc) is 2.80. The number of nitrogens with one attached hydrogen (secondary N) is 1. The molecular weight excluding hydrogens is 487 g/mol. The Bertz CT molecular complexity index is 1080. The number of hydrogen-bond acceptors (Lipinski definition) is 6. The minimum absolute atomic E-state index is 0.0841. The maximum atomic E-state index is 13.1. The van der Waals surface area contributed by atoms with Crippen molar-refractivity contribution in [1.29, 1.82) is 0 Å². The summed E-state index contributed by atoms with van der Waals surface area (Å²) >= 11 is 0. The van der Waals surface area contributed by atoms with Crippen LogP contribution in [0.5, 0.6) is 0 Å². The van der Waals surface area contributed by atoms with E-state index in [9.17, 15) is 45.1 Å². The molecule has 0 fully saturated rings. The van der Waals surface area contributed by atoms with Gasteiger partial charge in [0.15, 0.2) is 9.84 Å². The third-order valence-electron chi connectivity index (χ3n) is 4.76. The number of aryl methyl sites for hydroxylation is 1. The number of nitrogens with zero attached hydrogens (tertiary/aromatic N) is 1. The molecule has 2 N–H and O–H groups in total. The normalized spacial score (nSPS) is 13.6. The molecular formula is C21H21F5N2O5S. The highest BCUT2D eigenvalue weighted by atomic mass is 32.2. The molecule has 0 spiro atoms. The third-order valence-corrected chi connectivity index (χ3v) is 6.31. The molecule has 0 aliphatic rings. The number of ketones is 1. The summed E-state index contributed by atoms with van der Waals surface area (Å²) in [6.07, 6.45) is -6.93. The Hall–Kier alpha value is -2.93. The van der Waals surface area contributed by atoms with Crippen molar-refractivity contribution in [2.75, 3.05) is 18.2 Å². The number of rotatable bonds is 12. The molecule has 13 heteroatoms. The molecule has 0 aliphatic heterocycles. The Morgan fingerprint density at radius 3 is 2.09 bits per heavy atom. The van der Waals surface area contributed by atoms with Crippen molar-refractivity contribution in [2.24, 2.45) is 0 Å². The first-order valence-corrected chi connectivity index (χ1v) is 11.6. The van der Waals surface area contributed by atoms with E-state index in [1.54, 1.807) is 23.5 Å². The zero-order chi connectivity index (χ0) is 25.5. The summed E-state index contributed by atoms with van der Waals surface area (Å²) in [6.45, 7) is -1.27. The van der Waals surface area contributed by atoms with Gasteiger partial charge < -0.3 is 10.4 Å². The van der Waals surface area contributed by atoms with E-state index < -0.39 is 64.7 Å². The molecule has 2 rings (SSSR count). The summed E-state index contributed by atoms with van der Waals surface area (Å²) in [5, 5.41) is 11.9. The first kappa shape index (κ1) is 27.3. The first-order valence-electron chi connectivity index (χ1n) is 9.82. The van der Waals surface area contributed by atoms with Crippen LogP contribution in [0.2, 0.25) is 0 Å². The minimum Gasteiger partial charge on any atom is -0.386 e. The Labute approximate surface area is 191 Å². The second-order valence-corrected chi connectivity index (χ2v) is 9.47. The number of alkyl halides is 5. The number of halogens is 5. The van der Waals surface area contributed by atoms with Gasteiger partial charge in [-0.3, -0.25) is 14.6 Å². The van der Waals surface area contributed by atoms with Gasteiger partial charge in [0, 0.05) is 23.9 Å². The number of aliphatic hydroxyl groups excluding tert-OH is 1. The van der Waals surface area contributed by atoms with E-state index in [0.717, 1.165) is 0 Å². The van der Waals surface area contributed by atoms with E-state index in [1.807, 2.05) is 0 Å². The largest absolute Gasteiger partial charge is 0.386 e. The molecule has 186 valence electrons. The Morgan fingerprint density at radius 1 is 0.971 bits per heavy atom. The maximum Gasteiger partial charge on any atom is 0.315 e. The topological polar surface area (TPSA) is 113 Å². The fraction of sp³-hybridized carbons (Fsp3) is 0.381. The zero-order valence-corrected chi connectivity index (χ0v) is 18.3. The highest BCUT2D eigenvalue weighted by Crippen LogP contribution is 2.24. The quantitative estimate of drug-likeness (QED) is 0.426. The van der Waals surface area contributed by atoms with Crippen molar-refractivity contribution in [3.63, 3.8) is 0 Å². The summed E-state index contributed by atoms with van der Waals surface area (Å²) < 4.78 is 85.8. The average molecular weight is 508 g/mol. The highest BCUT2D eigenvalue weighted by Gasteiger charge is 2.26. The van der Waals surface area contributed by atoms with Gasteiger partial charge >= 0.3 is 6.43 Å².